The van der Waals surface area contributed by atoms with Gasteiger partial charge in [-0.25, -0.2) is 15.0 Å². The molecule has 0 unspecified atom stereocenters. The Morgan fingerprint density at radius 1 is 0.426 bits per heavy atom. The van der Waals surface area contributed by atoms with E-state index < -0.39 is 72.5 Å². The first-order valence-corrected chi connectivity index (χ1v) is 14.6. The van der Waals surface area contributed by atoms with Crippen LogP contribution in [0.3, 0.4) is 0 Å². The molecular weight excluding hydrogens is 574 g/mol. The predicted octanol–water partition coefficient (Wildman–Crippen LogP) is 11.3. The first kappa shape index (κ1) is 16.3. The molecular formula is C43H27N3O. The monoisotopic (exact) mass is 615 g/mol. The fourth-order valence-electron chi connectivity index (χ4n) is 5.65. The van der Waals surface area contributed by atoms with Crippen LogP contribution in [0.5, 0.6) is 0 Å². The second-order valence-corrected chi connectivity index (χ2v) is 10.6. The lowest BCUT2D eigenvalue weighted by Gasteiger charge is -2.12. The molecule has 2 heterocycles. The van der Waals surface area contributed by atoms with Gasteiger partial charge in [0.25, 0.3) is 0 Å². The van der Waals surface area contributed by atoms with E-state index in [0.29, 0.717) is 44.0 Å². The molecule has 0 aliphatic rings. The van der Waals surface area contributed by atoms with Crippen molar-refractivity contribution in [3.05, 3.63) is 163 Å². The zero-order valence-corrected chi connectivity index (χ0v) is 24.3. The molecule has 9 rings (SSSR count). The number of hydrogen-bond acceptors (Lipinski definition) is 4. The molecule has 0 radical (unpaired) electrons. The van der Waals surface area contributed by atoms with E-state index in [1.54, 1.807) is 60.7 Å². The van der Waals surface area contributed by atoms with Crippen LogP contribution in [-0.2, 0) is 0 Å². The SMILES string of the molecule is [2H]c1c([2H])c([2H])c(-c2ccc3c(-c4nc(-c5c([2H])c([2H])c([2H])c([2H])c5[2H])nc(-c5c([2H])c([2H])c(-c6cccc7oc8ccccc8c67)c([2H])c5[2H])n4)cccc3c2)c([2H])c1[2H]. The van der Waals surface area contributed by atoms with Crippen LogP contribution in [0, 0.1) is 0 Å². The Balaban J connectivity index is 1.30. The van der Waals surface area contributed by atoms with Crippen molar-refractivity contribution in [1.29, 1.82) is 0 Å². The minimum Gasteiger partial charge on any atom is -0.456 e. The third kappa shape index (κ3) is 4.84. The number of aromatic nitrogens is 3. The van der Waals surface area contributed by atoms with Gasteiger partial charge in [0.1, 0.15) is 11.2 Å². The molecule has 0 N–H and O–H groups in total. The second-order valence-electron chi connectivity index (χ2n) is 10.6. The number of para-hydroxylation sites is 1. The quantitative estimate of drug-likeness (QED) is 0.193. The number of rotatable bonds is 5. The largest absolute Gasteiger partial charge is 0.456 e. The minimum atomic E-state index is -0.653. The molecule has 0 bridgehead atoms. The van der Waals surface area contributed by atoms with Crippen molar-refractivity contribution < 1.29 is 23.6 Å². The normalized spacial score (nSPS) is 15.6. The molecule has 220 valence electrons. The molecule has 0 spiro atoms. The van der Waals surface area contributed by atoms with Crippen LogP contribution in [0.2, 0.25) is 0 Å². The molecule has 4 nitrogen and oxygen atoms in total. The number of hydrogen-bond donors (Lipinski definition) is 0. The van der Waals surface area contributed by atoms with E-state index in [1.165, 1.54) is 0 Å². The van der Waals surface area contributed by atoms with Gasteiger partial charge in [-0.1, -0.05) is 145 Å². The summed E-state index contributed by atoms with van der Waals surface area (Å²) in [5.41, 5.74) is 1.41. The summed E-state index contributed by atoms with van der Waals surface area (Å²) in [6.45, 7) is 0. The van der Waals surface area contributed by atoms with E-state index >= 15 is 0 Å². The Hall–Kier alpha value is -6.39. The molecule has 9 aromatic rings. The van der Waals surface area contributed by atoms with Crippen molar-refractivity contribution in [2.75, 3.05) is 0 Å². The third-order valence-electron chi connectivity index (χ3n) is 7.79. The van der Waals surface area contributed by atoms with Crippen LogP contribution < -0.4 is 0 Å². The molecule has 2 aromatic heterocycles. The molecule has 0 atom stereocenters. The summed E-state index contributed by atoms with van der Waals surface area (Å²) in [6.07, 6.45) is 0. The lowest BCUT2D eigenvalue weighted by Crippen LogP contribution is -2.00. The van der Waals surface area contributed by atoms with Crippen LogP contribution >= 0.6 is 0 Å². The molecule has 0 fully saturated rings. The Labute approximate surface area is 291 Å². The number of nitrogens with zero attached hydrogens (tertiary/aromatic N) is 3. The van der Waals surface area contributed by atoms with Crippen molar-refractivity contribution >= 4 is 32.7 Å². The van der Waals surface area contributed by atoms with Gasteiger partial charge in [-0.05, 0) is 51.2 Å². The number of benzene rings is 7. The summed E-state index contributed by atoms with van der Waals surface area (Å²) < 4.78 is 127. The number of fused-ring (bicyclic) bond motifs is 4. The van der Waals surface area contributed by atoms with Crippen molar-refractivity contribution in [3.8, 4) is 56.4 Å². The molecule has 0 aliphatic carbocycles. The van der Waals surface area contributed by atoms with Crippen molar-refractivity contribution in [2.24, 2.45) is 0 Å². The van der Waals surface area contributed by atoms with E-state index in [4.69, 9.17) is 18.1 Å². The van der Waals surface area contributed by atoms with Gasteiger partial charge < -0.3 is 4.42 Å². The molecule has 0 amide bonds. The molecule has 4 heteroatoms. The highest BCUT2D eigenvalue weighted by atomic mass is 16.3. The maximum atomic E-state index is 9.30. The van der Waals surface area contributed by atoms with E-state index in [2.05, 4.69) is 15.0 Å². The van der Waals surface area contributed by atoms with E-state index in [9.17, 15) is 5.48 Å². The maximum Gasteiger partial charge on any atom is 0.164 e. The average molecular weight is 616 g/mol. The van der Waals surface area contributed by atoms with E-state index in [-0.39, 0.29) is 51.8 Å². The highest BCUT2D eigenvalue weighted by Gasteiger charge is 2.16. The summed E-state index contributed by atoms with van der Waals surface area (Å²) in [4.78, 5) is 13.8. The highest BCUT2D eigenvalue weighted by molar-refractivity contribution is 6.12. The summed E-state index contributed by atoms with van der Waals surface area (Å²) in [6, 6.07) is 15.0. The third-order valence-corrected chi connectivity index (χ3v) is 7.79. The van der Waals surface area contributed by atoms with Crippen LogP contribution in [-0.4, -0.2) is 15.0 Å². The summed E-state index contributed by atoms with van der Waals surface area (Å²) in [7, 11) is 0. The highest BCUT2D eigenvalue weighted by Crippen LogP contribution is 2.37. The van der Waals surface area contributed by atoms with Gasteiger partial charge in [0.05, 0.1) is 19.2 Å². The maximum absolute atomic E-state index is 9.30. The molecule has 0 aliphatic heterocycles. The first-order chi connectivity index (χ1) is 29.1. The van der Waals surface area contributed by atoms with Crippen LogP contribution in [0.1, 0.15) is 19.2 Å². The van der Waals surface area contributed by atoms with Gasteiger partial charge in [0.15, 0.2) is 17.5 Å². The molecule has 0 saturated heterocycles. The molecule has 47 heavy (non-hydrogen) atoms. The topological polar surface area (TPSA) is 51.8 Å². The fraction of sp³-hybridized carbons (Fsp3) is 0. The van der Waals surface area contributed by atoms with Crippen LogP contribution in [0.4, 0.5) is 0 Å². The van der Waals surface area contributed by atoms with Crippen LogP contribution in [0.25, 0.3) is 89.1 Å². The first-order valence-electron chi connectivity index (χ1n) is 21.6. The summed E-state index contributed by atoms with van der Waals surface area (Å²) in [5.74, 6) is -0.862. The minimum absolute atomic E-state index is 0.00000267. The second kappa shape index (κ2) is 11.2. The lowest BCUT2D eigenvalue weighted by atomic mass is 9.98. The van der Waals surface area contributed by atoms with Gasteiger partial charge in [0, 0.05) is 27.5 Å². The van der Waals surface area contributed by atoms with Crippen molar-refractivity contribution in [3.63, 3.8) is 0 Å². The Morgan fingerprint density at radius 2 is 1.04 bits per heavy atom. The van der Waals surface area contributed by atoms with E-state index in [0.717, 1.165) is 5.39 Å². The van der Waals surface area contributed by atoms with Gasteiger partial charge in [-0.2, -0.15) is 0 Å². The fourth-order valence-corrected chi connectivity index (χ4v) is 5.65. The average Bonchev–Trinajstić information content (AvgIpc) is 3.65. The molecule has 0 saturated carbocycles. The summed E-state index contributed by atoms with van der Waals surface area (Å²) in [5, 5.41) is 2.35. The van der Waals surface area contributed by atoms with Gasteiger partial charge in [-0.15, -0.1) is 0 Å². The lowest BCUT2D eigenvalue weighted by molar-refractivity contribution is 0.669. The zero-order chi connectivity index (χ0) is 43.3. The van der Waals surface area contributed by atoms with Crippen molar-refractivity contribution in [1.82, 2.24) is 15.0 Å². The van der Waals surface area contributed by atoms with Crippen molar-refractivity contribution in [2.45, 2.75) is 0 Å². The standard InChI is InChI=1S/C43H27N3O/c1-3-11-28(12-4-1)32-25-26-34-33(27-32)15-9-18-36(34)43-45-41(30-13-5-2-6-14-30)44-42(46-43)31-23-21-29(22-24-31)35-17-10-20-39-40(35)37-16-7-8-19-38(37)47-39/h1-27H/i1D,2D,3D,4D,5D,6D,11D,12D,13D,14D,21D,22D,23D,24D. The smallest absolute Gasteiger partial charge is 0.164 e. The predicted molar refractivity (Wildman–Crippen MR) is 192 cm³/mol. The zero-order valence-electron chi connectivity index (χ0n) is 38.3. The Kier molecular flexibility index (Phi) is 3.87. The van der Waals surface area contributed by atoms with Gasteiger partial charge in [-0.3, -0.25) is 0 Å². The van der Waals surface area contributed by atoms with Crippen LogP contribution in [0.15, 0.2) is 168 Å². The summed E-state index contributed by atoms with van der Waals surface area (Å²) >= 11 is 0. The van der Waals surface area contributed by atoms with Gasteiger partial charge >= 0.3 is 0 Å². The Bertz CT molecular complexity index is 3300. The Morgan fingerprint density at radius 3 is 1.83 bits per heavy atom. The number of furan rings is 1. The molecule has 7 aromatic carbocycles. The van der Waals surface area contributed by atoms with E-state index in [1.807, 2.05) is 18.2 Å². The van der Waals surface area contributed by atoms with Gasteiger partial charge in [0.2, 0.25) is 0 Å².